The van der Waals surface area contributed by atoms with Crippen molar-refractivity contribution in [3.8, 4) is 0 Å². The molecular weight excluding hydrogens is 244 g/mol. The van der Waals surface area contributed by atoms with Crippen LogP contribution in [-0.2, 0) is 0 Å². The molecule has 1 unspecified atom stereocenters. The first-order valence-corrected chi connectivity index (χ1v) is 5.79. The summed E-state index contributed by atoms with van der Waals surface area (Å²) in [5, 5.41) is 3.43. The molecule has 0 bridgehead atoms. The summed E-state index contributed by atoms with van der Waals surface area (Å²) in [5.74, 6) is 0.837. The Morgan fingerprint density at radius 2 is 2.36 bits per heavy atom. The van der Waals surface area contributed by atoms with Crippen molar-refractivity contribution >= 4 is 15.9 Å². The second-order valence-corrected chi connectivity index (χ2v) is 4.57. The van der Waals surface area contributed by atoms with Crippen molar-refractivity contribution in [1.29, 1.82) is 0 Å². The van der Waals surface area contributed by atoms with Crippen LogP contribution < -0.4 is 11.1 Å². The van der Waals surface area contributed by atoms with Gasteiger partial charge in [0.2, 0.25) is 0 Å². The third-order valence-electron chi connectivity index (χ3n) is 2.69. The molecule has 0 saturated heterocycles. The van der Waals surface area contributed by atoms with E-state index < -0.39 is 0 Å². The summed E-state index contributed by atoms with van der Waals surface area (Å²) < 4.78 is 6.12. The van der Waals surface area contributed by atoms with Crippen LogP contribution in [-0.4, -0.2) is 12.6 Å². The van der Waals surface area contributed by atoms with Crippen LogP contribution in [0.5, 0.6) is 0 Å². The van der Waals surface area contributed by atoms with Crippen LogP contribution >= 0.6 is 15.9 Å². The van der Waals surface area contributed by atoms with Crippen LogP contribution in [0, 0.1) is 0 Å². The number of hydrogen-bond acceptors (Lipinski definition) is 3. The van der Waals surface area contributed by atoms with Crippen LogP contribution in [0.15, 0.2) is 21.2 Å². The summed E-state index contributed by atoms with van der Waals surface area (Å²) in [6.07, 6.45) is 3.92. The summed E-state index contributed by atoms with van der Waals surface area (Å²) in [6.45, 7) is 0.796. The highest BCUT2D eigenvalue weighted by molar-refractivity contribution is 9.10. The Morgan fingerprint density at radius 3 is 2.86 bits per heavy atom. The zero-order chi connectivity index (χ0) is 9.97. The maximum atomic E-state index is 5.96. The lowest BCUT2D eigenvalue weighted by Crippen LogP contribution is -2.39. The fourth-order valence-corrected chi connectivity index (χ4v) is 1.85. The van der Waals surface area contributed by atoms with Crippen LogP contribution in [0.2, 0.25) is 0 Å². The SMILES string of the molecule is NC(CNC1CCC1)c1ccc(Br)o1. The monoisotopic (exact) mass is 258 g/mol. The first kappa shape index (κ1) is 10.2. The van der Waals surface area contributed by atoms with E-state index >= 15 is 0 Å². The Bertz CT molecular complexity index is 296. The molecule has 1 aliphatic carbocycles. The fraction of sp³-hybridized carbons (Fsp3) is 0.600. The van der Waals surface area contributed by atoms with E-state index in [-0.39, 0.29) is 6.04 Å². The molecule has 4 heteroatoms. The lowest BCUT2D eigenvalue weighted by molar-refractivity contribution is 0.323. The molecule has 1 fully saturated rings. The third kappa shape index (κ3) is 2.38. The highest BCUT2D eigenvalue weighted by Gasteiger charge is 2.18. The minimum atomic E-state index is -0.0399. The predicted molar refractivity (Wildman–Crippen MR) is 59.0 cm³/mol. The zero-order valence-electron chi connectivity index (χ0n) is 8.00. The van der Waals surface area contributed by atoms with Gasteiger partial charge in [-0.2, -0.15) is 0 Å². The summed E-state index contributed by atoms with van der Waals surface area (Å²) in [4.78, 5) is 0. The van der Waals surface area contributed by atoms with Gasteiger partial charge in [-0.15, -0.1) is 0 Å². The first-order valence-electron chi connectivity index (χ1n) is 5.00. The van der Waals surface area contributed by atoms with E-state index in [1.54, 1.807) is 0 Å². The molecule has 1 aromatic heterocycles. The van der Waals surface area contributed by atoms with Crippen molar-refractivity contribution in [3.05, 3.63) is 22.6 Å². The lowest BCUT2D eigenvalue weighted by Gasteiger charge is -2.27. The summed E-state index contributed by atoms with van der Waals surface area (Å²) in [5.41, 5.74) is 5.96. The van der Waals surface area contributed by atoms with Crippen LogP contribution in [0.4, 0.5) is 0 Å². The van der Waals surface area contributed by atoms with Crippen molar-refractivity contribution in [2.75, 3.05) is 6.54 Å². The highest BCUT2D eigenvalue weighted by atomic mass is 79.9. The van der Waals surface area contributed by atoms with Crippen LogP contribution in [0.3, 0.4) is 0 Å². The van der Waals surface area contributed by atoms with Gasteiger partial charge in [0.1, 0.15) is 5.76 Å². The van der Waals surface area contributed by atoms with Gasteiger partial charge in [-0.05, 0) is 40.9 Å². The van der Waals surface area contributed by atoms with Gasteiger partial charge in [0.25, 0.3) is 0 Å². The molecule has 0 radical (unpaired) electrons. The Labute approximate surface area is 92.2 Å². The van der Waals surface area contributed by atoms with Gasteiger partial charge >= 0.3 is 0 Å². The quantitative estimate of drug-likeness (QED) is 0.871. The number of nitrogens with two attached hydrogens (primary N) is 1. The van der Waals surface area contributed by atoms with Gasteiger partial charge in [0, 0.05) is 12.6 Å². The van der Waals surface area contributed by atoms with E-state index in [9.17, 15) is 0 Å². The molecule has 1 saturated carbocycles. The molecule has 2 rings (SSSR count). The average Bonchev–Trinajstić information content (AvgIpc) is 2.49. The molecule has 14 heavy (non-hydrogen) atoms. The van der Waals surface area contributed by atoms with E-state index in [0.717, 1.165) is 17.0 Å². The van der Waals surface area contributed by atoms with Gasteiger partial charge in [-0.25, -0.2) is 0 Å². The molecule has 1 aromatic rings. The smallest absolute Gasteiger partial charge is 0.169 e. The van der Waals surface area contributed by atoms with Gasteiger partial charge < -0.3 is 15.5 Å². The molecule has 0 aliphatic heterocycles. The Morgan fingerprint density at radius 1 is 1.57 bits per heavy atom. The first-order chi connectivity index (χ1) is 6.75. The van der Waals surface area contributed by atoms with Gasteiger partial charge in [0.05, 0.1) is 6.04 Å². The van der Waals surface area contributed by atoms with Gasteiger partial charge in [-0.3, -0.25) is 0 Å². The van der Waals surface area contributed by atoms with E-state index in [1.165, 1.54) is 19.3 Å². The second kappa shape index (κ2) is 4.47. The van der Waals surface area contributed by atoms with Crippen LogP contribution in [0.25, 0.3) is 0 Å². The molecule has 1 heterocycles. The van der Waals surface area contributed by atoms with E-state index in [4.69, 9.17) is 10.2 Å². The standard InChI is InChI=1S/C10H15BrN2O/c11-10-5-4-9(14-10)8(12)6-13-7-2-1-3-7/h4-5,7-8,13H,1-3,6,12H2. The number of hydrogen-bond donors (Lipinski definition) is 2. The molecule has 1 aliphatic rings. The summed E-state index contributed by atoms with van der Waals surface area (Å²) in [7, 11) is 0. The highest BCUT2D eigenvalue weighted by Crippen LogP contribution is 2.21. The zero-order valence-corrected chi connectivity index (χ0v) is 9.59. The number of nitrogens with one attached hydrogen (secondary N) is 1. The molecule has 78 valence electrons. The number of furan rings is 1. The Hall–Kier alpha value is -0.320. The fourth-order valence-electron chi connectivity index (χ4n) is 1.53. The topological polar surface area (TPSA) is 51.2 Å². The van der Waals surface area contributed by atoms with E-state index in [2.05, 4.69) is 21.2 Å². The predicted octanol–water partition coefficient (Wildman–Crippen LogP) is 2.18. The third-order valence-corrected chi connectivity index (χ3v) is 3.12. The van der Waals surface area contributed by atoms with Crippen molar-refractivity contribution < 1.29 is 4.42 Å². The largest absolute Gasteiger partial charge is 0.453 e. The Balaban J connectivity index is 1.79. The lowest BCUT2D eigenvalue weighted by atomic mass is 9.93. The minimum Gasteiger partial charge on any atom is -0.453 e. The average molecular weight is 259 g/mol. The number of halogens is 1. The Kier molecular flexibility index (Phi) is 3.26. The minimum absolute atomic E-state index is 0.0399. The van der Waals surface area contributed by atoms with Crippen molar-refractivity contribution in [3.63, 3.8) is 0 Å². The molecular formula is C10H15BrN2O. The molecule has 0 spiro atoms. The van der Waals surface area contributed by atoms with E-state index in [0.29, 0.717) is 6.04 Å². The molecule has 3 nitrogen and oxygen atoms in total. The molecule has 1 atom stereocenters. The second-order valence-electron chi connectivity index (χ2n) is 3.78. The maximum absolute atomic E-state index is 5.96. The summed E-state index contributed by atoms with van der Waals surface area (Å²) >= 11 is 3.26. The number of rotatable bonds is 4. The summed E-state index contributed by atoms with van der Waals surface area (Å²) in [6, 6.07) is 4.43. The molecule has 3 N–H and O–H groups in total. The van der Waals surface area contributed by atoms with E-state index in [1.807, 2.05) is 12.1 Å². The van der Waals surface area contributed by atoms with Gasteiger partial charge in [-0.1, -0.05) is 6.42 Å². The van der Waals surface area contributed by atoms with Crippen LogP contribution in [0.1, 0.15) is 31.1 Å². The molecule has 0 aromatic carbocycles. The van der Waals surface area contributed by atoms with Gasteiger partial charge in [0.15, 0.2) is 4.67 Å². The normalized spacial score (nSPS) is 19.3. The molecule has 0 amide bonds. The van der Waals surface area contributed by atoms with Crippen molar-refractivity contribution in [1.82, 2.24) is 5.32 Å². The van der Waals surface area contributed by atoms with Crippen molar-refractivity contribution in [2.24, 2.45) is 5.73 Å². The maximum Gasteiger partial charge on any atom is 0.169 e. The van der Waals surface area contributed by atoms with Crippen molar-refractivity contribution in [2.45, 2.75) is 31.3 Å².